The van der Waals surface area contributed by atoms with Crippen LogP contribution in [0.3, 0.4) is 0 Å². The van der Waals surface area contributed by atoms with Gasteiger partial charge in [0.05, 0.1) is 6.61 Å². The van der Waals surface area contributed by atoms with Crippen LogP contribution in [0.15, 0.2) is 36.9 Å². The highest BCUT2D eigenvalue weighted by atomic mass is 16.5. The van der Waals surface area contributed by atoms with Crippen LogP contribution in [-0.2, 0) is 11.2 Å². The van der Waals surface area contributed by atoms with Crippen LogP contribution in [0.25, 0.3) is 0 Å². The van der Waals surface area contributed by atoms with Gasteiger partial charge >= 0.3 is 0 Å². The van der Waals surface area contributed by atoms with Gasteiger partial charge in [0, 0.05) is 13.0 Å². The van der Waals surface area contributed by atoms with Crippen LogP contribution < -0.4 is 10.1 Å². The number of allylic oxidation sites excluding steroid dienone is 1. The molecule has 3 heteroatoms. The van der Waals surface area contributed by atoms with Gasteiger partial charge in [-0.1, -0.05) is 32.1 Å². The Bertz CT molecular complexity index is 410. The van der Waals surface area contributed by atoms with E-state index in [1.807, 2.05) is 24.3 Å². The molecular formula is C17H25NO2. The molecule has 0 bridgehead atoms. The molecule has 20 heavy (non-hydrogen) atoms. The predicted molar refractivity (Wildman–Crippen MR) is 82.9 cm³/mol. The van der Waals surface area contributed by atoms with E-state index in [-0.39, 0.29) is 5.91 Å². The lowest BCUT2D eigenvalue weighted by atomic mass is 10.1. The van der Waals surface area contributed by atoms with E-state index in [1.54, 1.807) is 6.08 Å². The van der Waals surface area contributed by atoms with Crippen molar-refractivity contribution in [2.75, 3.05) is 13.2 Å². The third-order valence-electron chi connectivity index (χ3n) is 2.82. The van der Waals surface area contributed by atoms with Crippen molar-refractivity contribution in [2.24, 2.45) is 5.92 Å². The summed E-state index contributed by atoms with van der Waals surface area (Å²) >= 11 is 0. The van der Waals surface area contributed by atoms with E-state index in [2.05, 4.69) is 25.7 Å². The van der Waals surface area contributed by atoms with Crippen LogP contribution >= 0.6 is 0 Å². The predicted octanol–water partition coefficient (Wildman–Crippen LogP) is 3.35. The van der Waals surface area contributed by atoms with Gasteiger partial charge in [-0.2, -0.15) is 0 Å². The van der Waals surface area contributed by atoms with Crippen molar-refractivity contribution < 1.29 is 9.53 Å². The standard InChI is InChI=1S/C17H25NO2/c1-4-5-6-17(19)18-12-11-15-7-9-16(10-8-15)20-13-14(2)3/h4,7-10,14H,1,5-6,11-13H2,2-3H3,(H,18,19). The van der Waals surface area contributed by atoms with E-state index in [1.165, 1.54) is 5.56 Å². The molecule has 0 saturated carbocycles. The molecule has 0 heterocycles. The number of benzene rings is 1. The van der Waals surface area contributed by atoms with E-state index in [9.17, 15) is 4.79 Å². The Morgan fingerprint density at radius 1 is 1.35 bits per heavy atom. The molecule has 0 aliphatic rings. The Morgan fingerprint density at radius 2 is 2.05 bits per heavy atom. The highest BCUT2D eigenvalue weighted by molar-refractivity contribution is 5.75. The van der Waals surface area contributed by atoms with Crippen LogP contribution in [0, 0.1) is 5.92 Å². The third-order valence-corrected chi connectivity index (χ3v) is 2.82. The number of ether oxygens (including phenoxy) is 1. The Kier molecular flexibility index (Phi) is 7.48. The zero-order chi connectivity index (χ0) is 14.8. The van der Waals surface area contributed by atoms with Gasteiger partial charge in [0.25, 0.3) is 0 Å². The summed E-state index contributed by atoms with van der Waals surface area (Å²) < 4.78 is 5.63. The molecule has 1 N–H and O–H groups in total. The van der Waals surface area contributed by atoms with Crippen LogP contribution in [0.5, 0.6) is 5.75 Å². The maximum Gasteiger partial charge on any atom is 0.220 e. The van der Waals surface area contributed by atoms with Crippen LogP contribution in [-0.4, -0.2) is 19.1 Å². The molecule has 1 aromatic carbocycles. The van der Waals surface area contributed by atoms with Crippen molar-refractivity contribution in [3.05, 3.63) is 42.5 Å². The molecule has 0 aliphatic carbocycles. The maximum absolute atomic E-state index is 11.4. The second-order valence-electron chi connectivity index (χ2n) is 5.28. The number of carbonyl (C=O) groups excluding carboxylic acids is 1. The Morgan fingerprint density at radius 3 is 2.65 bits per heavy atom. The molecule has 1 rings (SSSR count). The lowest BCUT2D eigenvalue weighted by Gasteiger charge is -2.09. The largest absolute Gasteiger partial charge is 0.493 e. The molecule has 1 aromatic rings. The van der Waals surface area contributed by atoms with Gasteiger partial charge in [0.2, 0.25) is 5.91 Å². The van der Waals surface area contributed by atoms with Gasteiger partial charge < -0.3 is 10.1 Å². The number of hydrogen-bond acceptors (Lipinski definition) is 2. The molecule has 0 spiro atoms. The number of carbonyl (C=O) groups is 1. The van der Waals surface area contributed by atoms with Crippen LogP contribution in [0.2, 0.25) is 0 Å². The molecule has 0 atom stereocenters. The fourth-order valence-corrected chi connectivity index (χ4v) is 1.68. The van der Waals surface area contributed by atoms with E-state index in [0.717, 1.165) is 25.2 Å². The van der Waals surface area contributed by atoms with Crippen molar-refractivity contribution in [1.29, 1.82) is 0 Å². The van der Waals surface area contributed by atoms with Crippen molar-refractivity contribution in [3.8, 4) is 5.75 Å². The summed E-state index contributed by atoms with van der Waals surface area (Å²) in [5.74, 6) is 1.51. The molecule has 0 aliphatic heterocycles. The summed E-state index contributed by atoms with van der Waals surface area (Å²) in [5, 5.41) is 2.90. The third kappa shape index (κ3) is 6.98. The van der Waals surface area contributed by atoms with E-state index < -0.39 is 0 Å². The zero-order valence-corrected chi connectivity index (χ0v) is 12.5. The van der Waals surface area contributed by atoms with Crippen molar-refractivity contribution in [1.82, 2.24) is 5.32 Å². The summed E-state index contributed by atoms with van der Waals surface area (Å²) in [6.45, 7) is 9.26. The van der Waals surface area contributed by atoms with Gasteiger partial charge in [-0.3, -0.25) is 4.79 Å². The van der Waals surface area contributed by atoms with Gasteiger partial charge in [-0.15, -0.1) is 6.58 Å². The lowest BCUT2D eigenvalue weighted by Crippen LogP contribution is -2.25. The number of hydrogen-bond donors (Lipinski definition) is 1. The molecule has 0 unspecified atom stereocenters. The second kappa shape index (κ2) is 9.18. The highest BCUT2D eigenvalue weighted by Crippen LogP contribution is 2.13. The monoisotopic (exact) mass is 275 g/mol. The minimum atomic E-state index is 0.0850. The highest BCUT2D eigenvalue weighted by Gasteiger charge is 2.00. The fraction of sp³-hybridized carbons (Fsp3) is 0.471. The van der Waals surface area contributed by atoms with Crippen LogP contribution in [0.4, 0.5) is 0 Å². The lowest BCUT2D eigenvalue weighted by molar-refractivity contribution is -0.120. The van der Waals surface area contributed by atoms with Gasteiger partial charge in [0.1, 0.15) is 5.75 Å². The summed E-state index contributed by atoms with van der Waals surface area (Å²) in [6, 6.07) is 8.06. The Hall–Kier alpha value is -1.77. The molecule has 0 saturated heterocycles. The maximum atomic E-state index is 11.4. The first-order chi connectivity index (χ1) is 9.61. The van der Waals surface area contributed by atoms with E-state index >= 15 is 0 Å². The summed E-state index contributed by atoms with van der Waals surface area (Å²) in [6.07, 6.45) is 3.85. The summed E-state index contributed by atoms with van der Waals surface area (Å²) in [4.78, 5) is 11.4. The Labute approximate surface area is 122 Å². The Balaban J connectivity index is 2.27. The quantitative estimate of drug-likeness (QED) is 0.702. The first-order valence-corrected chi connectivity index (χ1v) is 7.21. The molecule has 0 aromatic heterocycles. The van der Waals surface area contributed by atoms with Crippen molar-refractivity contribution in [3.63, 3.8) is 0 Å². The topological polar surface area (TPSA) is 38.3 Å². The average Bonchev–Trinajstić information content (AvgIpc) is 2.44. The SMILES string of the molecule is C=CCCC(=O)NCCc1ccc(OCC(C)C)cc1. The van der Waals surface area contributed by atoms with Crippen molar-refractivity contribution in [2.45, 2.75) is 33.1 Å². The molecule has 0 fully saturated rings. The van der Waals surface area contributed by atoms with Gasteiger partial charge in [0.15, 0.2) is 0 Å². The molecule has 110 valence electrons. The molecule has 0 radical (unpaired) electrons. The second-order valence-corrected chi connectivity index (χ2v) is 5.28. The summed E-state index contributed by atoms with van der Waals surface area (Å²) in [7, 11) is 0. The normalized spacial score (nSPS) is 10.3. The first kappa shape index (κ1) is 16.3. The molecule has 1 amide bonds. The van der Waals surface area contributed by atoms with Gasteiger partial charge in [-0.05, 0) is 36.5 Å². The zero-order valence-electron chi connectivity index (χ0n) is 12.5. The number of nitrogens with one attached hydrogen (secondary N) is 1. The average molecular weight is 275 g/mol. The minimum absolute atomic E-state index is 0.0850. The number of amides is 1. The smallest absolute Gasteiger partial charge is 0.220 e. The summed E-state index contributed by atoms with van der Waals surface area (Å²) in [5.41, 5.74) is 1.20. The van der Waals surface area contributed by atoms with E-state index in [4.69, 9.17) is 4.74 Å². The van der Waals surface area contributed by atoms with E-state index in [0.29, 0.717) is 18.9 Å². The molecule has 3 nitrogen and oxygen atoms in total. The van der Waals surface area contributed by atoms with Crippen LogP contribution in [0.1, 0.15) is 32.3 Å². The van der Waals surface area contributed by atoms with Crippen molar-refractivity contribution >= 4 is 5.91 Å². The number of rotatable bonds is 9. The first-order valence-electron chi connectivity index (χ1n) is 7.21. The fourth-order valence-electron chi connectivity index (χ4n) is 1.68. The minimum Gasteiger partial charge on any atom is -0.493 e. The van der Waals surface area contributed by atoms with Gasteiger partial charge in [-0.25, -0.2) is 0 Å². The molecular weight excluding hydrogens is 250 g/mol.